The van der Waals surface area contributed by atoms with E-state index in [0.29, 0.717) is 23.5 Å². The first kappa shape index (κ1) is 22.0. The Kier molecular flexibility index (Phi) is 7.29. The number of halogens is 1. The van der Waals surface area contributed by atoms with Gasteiger partial charge in [-0.05, 0) is 38.3 Å². The number of rotatable bonds is 7. The Bertz CT molecular complexity index is 812. The van der Waals surface area contributed by atoms with Gasteiger partial charge in [0.25, 0.3) is 5.91 Å². The third-order valence-electron chi connectivity index (χ3n) is 4.74. The van der Waals surface area contributed by atoms with Gasteiger partial charge in [0, 0.05) is 23.7 Å². The molecule has 1 aliphatic heterocycles. The fraction of sp³-hybridized carbons (Fsp3) is 0.381. The van der Waals surface area contributed by atoms with Crippen LogP contribution in [0.5, 0.6) is 11.5 Å². The summed E-state index contributed by atoms with van der Waals surface area (Å²) in [5, 5.41) is 26.6. The molecule has 1 atom stereocenters. The lowest BCUT2D eigenvalue weighted by Gasteiger charge is -2.29. The lowest BCUT2D eigenvalue weighted by Crippen LogP contribution is -2.42. The van der Waals surface area contributed by atoms with Crippen LogP contribution in [0.2, 0.25) is 0 Å². The van der Waals surface area contributed by atoms with Crippen LogP contribution >= 0.6 is 12.4 Å². The Morgan fingerprint density at radius 1 is 1.25 bits per heavy atom. The number of hydrogen-bond acceptors (Lipinski definition) is 5. The second kappa shape index (κ2) is 9.28. The van der Waals surface area contributed by atoms with Gasteiger partial charge in [0.15, 0.2) is 6.61 Å². The quantitative estimate of drug-likeness (QED) is 0.567. The zero-order chi connectivity index (χ0) is 19.4. The Hall–Kier alpha value is -2.28. The van der Waals surface area contributed by atoms with Crippen molar-refractivity contribution in [3.8, 4) is 11.5 Å². The molecule has 1 amide bonds. The molecule has 1 aliphatic rings. The zero-order valence-corrected chi connectivity index (χ0v) is 16.9. The minimum atomic E-state index is -0.878. The summed E-state index contributed by atoms with van der Waals surface area (Å²) < 4.78 is 5.47. The number of aryl methyl sites for hydroxylation is 1. The van der Waals surface area contributed by atoms with Gasteiger partial charge < -0.3 is 25.6 Å². The van der Waals surface area contributed by atoms with Crippen LogP contribution < -0.4 is 15.4 Å². The van der Waals surface area contributed by atoms with Gasteiger partial charge in [-0.2, -0.15) is 0 Å². The SMILES string of the molecule is CC(C)(CCc1ccccc1)NC[C@H](O)c1cc(O)cc2c1OCC(=O)N2.Cl. The van der Waals surface area contributed by atoms with Gasteiger partial charge in [-0.15, -0.1) is 12.4 Å². The highest BCUT2D eigenvalue weighted by molar-refractivity contribution is 5.96. The van der Waals surface area contributed by atoms with E-state index in [9.17, 15) is 15.0 Å². The molecule has 0 saturated carbocycles. The Morgan fingerprint density at radius 2 is 1.96 bits per heavy atom. The molecule has 2 aromatic rings. The van der Waals surface area contributed by atoms with Crippen LogP contribution in [0.1, 0.15) is 37.5 Å². The molecule has 2 aromatic carbocycles. The van der Waals surface area contributed by atoms with E-state index in [1.54, 1.807) is 0 Å². The van der Waals surface area contributed by atoms with Crippen molar-refractivity contribution in [3.05, 3.63) is 53.6 Å². The summed E-state index contributed by atoms with van der Waals surface area (Å²) >= 11 is 0. The lowest BCUT2D eigenvalue weighted by molar-refractivity contribution is -0.118. The van der Waals surface area contributed by atoms with Crippen molar-refractivity contribution in [2.45, 2.75) is 38.3 Å². The molecule has 1 heterocycles. The van der Waals surface area contributed by atoms with Gasteiger partial charge in [0.05, 0.1) is 11.8 Å². The first-order valence-corrected chi connectivity index (χ1v) is 9.11. The first-order chi connectivity index (χ1) is 12.8. The Balaban J connectivity index is 0.00000280. The normalized spacial score (nSPS) is 14.3. The van der Waals surface area contributed by atoms with E-state index in [1.807, 2.05) is 18.2 Å². The Labute approximate surface area is 171 Å². The summed E-state index contributed by atoms with van der Waals surface area (Å²) in [4.78, 5) is 11.5. The lowest BCUT2D eigenvalue weighted by atomic mass is 9.94. The molecule has 0 aromatic heterocycles. The van der Waals surface area contributed by atoms with Crippen molar-refractivity contribution < 1.29 is 19.7 Å². The zero-order valence-electron chi connectivity index (χ0n) is 16.1. The van der Waals surface area contributed by atoms with Gasteiger partial charge in [0.1, 0.15) is 11.5 Å². The van der Waals surface area contributed by atoms with Gasteiger partial charge in [-0.3, -0.25) is 4.79 Å². The molecule has 0 radical (unpaired) electrons. The number of carbonyl (C=O) groups excluding carboxylic acids is 1. The van der Waals surface area contributed by atoms with Gasteiger partial charge >= 0.3 is 0 Å². The minimum Gasteiger partial charge on any atom is -0.508 e. The molecule has 0 bridgehead atoms. The number of aliphatic hydroxyl groups excluding tert-OH is 1. The number of carbonyl (C=O) groups is 1. The number of fused-ring (bicyclic) bond motifs is 1. The van der Waals surface area contributed by atoms with Crippen LogP contribution in [-0.4, -0.2) is 34.8 Å². The molecule has 0 aliphatic carbocycles. The smallest absolute Gasteiger partial charge is 0.262 e. The number of aliphatic hydroxyl groups is 1. The fourth-order valence-electron chi connectivity index (χ4n) is 3.13. The molecule has 0 saturated heterocycles. The number of nitrogens with one attached hydrogen (secondary N) is 2. The highest BCUT2D eigenvalue weighted by atomic mass is 35.5. The van der Waals surface area contributed by atoms with Crippen LogP contribution in [0.3, 0.4) is 0 Å². The monoisotopic (exact) mass is 406 g/mol. The van der Waals surface area contributed by atoms with Crippen LogP contribution in [0.15, 0.2) is 42.5 Å². The summed E-state index contributed by atoms with van der Waals surface area (Å²) in [5.74, 6) is 0.0921. The van der Waals surface area contributed by atoms with Crippen molar-refractivity contribution in [1.82, 2.24) is 5.32 Å². The third-order valence-corrected chi connectivity index (χ3v) is 4.74. The van der Waals surface area contributed by atoms with E-state index in [-0.39, 0.29) is 36.2 Å². The standard InChI is InChI=1S/C21H26N2O4.ClH/c1-21(2,9-8-14-6-4-3-5-7-14)22-12-18(25)16-10-15(24)11-17-20(16)27-13-19(26)23-17;/h3-7,10-11,18,22,24-25H,8-9,12-13H2,1-2H3,(H,23,26);1H/t18-;/m0./s1. The largest absolute Gasteiger partial charge is 0.508 e. The fourth-order valence-corrected chi connectivity index (χ4v) is 3.13. The van der Waals surface area contributed by atoms with Gasteiger partial charge in [-0.25, -0.2) is 0 Å². The van der Waals surface area contributed by atoms with Crippen LogP contribution in [-0.2, 0) is 11.2 Å². The predicted octanol–water partition coefficient (Wildman–Crippen LogP) is 3.18. The van der Waals surface area contributed by atoms with Crippen LogP contribution in [0.4, 0.5) is 5.69 Å². The topological polar surface area (TPSA) is 90.8 Å². The van der Waals surface area contributed by atoms with E-state index in [0.717, 1.165) is 12.8 Å². The summed E-state index contributed by atoms with van der Waals surface area (Å²) in [7, 11) is 0. The number of benzene rings is 2. The third kappa shape index (κ3) is 5.61. The van der Waals surface area contributed by atoms with Gasteiger partial charge in [0.2, 0.25) is 0 Å². The van der Waals surface area contributed by atoms with Crippen molar-refractivity contribution in [1.29, 1.82) is 0 Å². The molecule has 0 spiro atoms. The summed E-state index contributed by atoms with van der Waals surface area (Å²) in [6, 6.07) is 13.2. The second-order valence-corrected chi connectivity index (χ2v) is 7.51. The molecule has 152 valence electrons. The maximum Gasteiger partial charge on any atom is 0.262 e. The molecular weight excluding hydrogens is 380 g/mol. The number of anilines is 1. The van der Waals surface area contributed by atoms with E-state index < -0.39 is 6.10 Å². The summed E-state index contributed by atoms with van der Waals surface area (Å²) in [6.45, 7) is 4.39. The number of amides is 1. The molecule has 7 heteroatoms. The maximum absolute atomic E-state index is 11.5. The maximum atomic E-state index is 11.5. The number of phenols is 1. The molecule has 0 unspecified atom stereocenters. The number of phenolic OH excluding ortho intramolecular Hbond substituents is 1. The summed E-state index contributed by atoms with van der Waals surface area (Å²) in [5.41, 5.74) is 1.93. The molecular formula is C21H27ClN2O4. The minimum absolute atomic E-state index is 0. The van der Waals surface area contributed by atoms with Crippen molar-refractivity contribution in [3.63, 3.8) is 0 Å². The van der Waals surface area contributed by atoms with Crippen molar-refractivity contribution in [2.24, 2.45) is 0 Å². The average molecular weight is 407 g/mol. The molecule has 6 nitrogen and oxygen atoms in total. The number of β-amino-alcohol motifs (C(OH)–C–C–N with tert-alkyl or cyclic N) is 1. The van der Waals surface area contributed by atoms with Crippen LogP contribution in [0, 0.1) is 0 Å². The number of ether oxygens (including phenoxy) is 1. The van der Waals surface area contributed by atoms with Crippen molar-refractivity contribution in [2.75, 3.05) is 18.5 Å². The predicted molar refractivity (Wildman–Crippen MR) is 111 cm³/mol. The second-order valence-electron chi connectivity index (χ2n) is 7.51. The van der Waals surface area contributed by atoms with E-state index >= 15 is 0 Å². The highest BCUT2D eigenvalue weighted by Crippen LogP contribution is 2.38. The molecule has 3 rings (SSSR count). The van der Waals surface area contributed by atoms with E-state index in [1.165, 1.54) is 17.7 Å². The average Bonchev–Trinajstić information content (AvgIpc) is 2.64. The van der Waals surface area contributed by atoms with E-state index in [2.05, 4.69) is 36.6 Å². The summed E-state index contributed by atoms with van der Waals surface area (Å²) in [6.07, 6.45) is 0.971. The van der Waals surface area contributed by atoms with E-state index in [4.69, 9.17) is 4.74 Å². The Morgan fingerprint density at radius 3 is 2.68 bits per heavy atom. The molecule has 0 fully saturated rings. The molecule has 4 N–H and O–H groups in total. The highest BCUT2D eigenvalue weighted by Gasteiger charge is 2.26. The van der Waals surface area contributed by atoms with Crippen LogP contribution in [0.25, 0.3) is 0 Å². The first-order valence-electron chi connectivity index (χ1n) is 9.11. The van der Waals surface area contributed by atoms with Crippen molar-refractivity contribution >= 4 is 24.0 Å². The van der Waals surface area contributed by atoms with Gasteiger partial charge in [-0.1, -0.05) is 30.3 Å². The number of hydrogen-bond donors (Lipinski definition) is 4. The molecule has 28 heavy (non-hydrogen) atoms. The number of aromatic hydroxyl groups is 1.